The van der Waals surface area contributed by atoms with E-state index in [4.69, 9.17) is 24.4 Å². The van der Waals surface area contributed by atoms with Crippen LogP contribution in [0.25, 0.3) is 77.8 Å². The Labute approximate surface area is 360 Å². The number of nitro groups is 1. The normalized spacial score (nSPS) is 11.5. The molecule has 302 valence electrons. The summed E-state index contributed by atoms with van der Waals surface area (Å²) in [4.78, 5) is 30.5. The fraction of sp³-hybridized carbons (Fsp3) is 0.0385. The molecule has 0 unspecified atom stereocenters. The van der Waals surface area contributed by atoms with E-state index in [0.29, 0.717) is 39.9 Å². The van der Waals surface area contributed by atoms with Crippen LogP contribution in [0.1, 0.15) is 11.1 Å². The minimum absolute atomic E-state index is 0.133. The highest BCUT2D eigenvalue weighted by Gasteiger charge is 2.18. The van der Waals surface area contributed by atoms with Crippen LogP contribution in [0.2, 0.25) is 0 Å². The molecule has 6 aromatic carbocycles. The summed E-state index contributed by atoms with van der Waals surface area (Å²) < 4.78 is 17.1. The van der Waals surface area contributed by atoms with Crippen molar-refractivity contribution in [1.29, 1.82) is 0 Å². The number of ether oxygens (including phenoxy) is 2. The lowest BCUT2D eigenvalue weighted by atomic mass is 10.1. The van der Waals surface area contributed by atoms with Gasteiger partial charge in [-0.05, 0) is 104 Å². The molecule has 0 radical (unpaired) electrons. The molecule has 0 bridgehead atoms. The predicted octanol–water partition coefficient (Wildman–Crippen LogP) is 12.9. The van der Waals surface area contributed by atoms with Crippen molar-refractivity contribution < 1.29 is 14.4 Å². The van der Waals surface area contributed by atoms with E-state index < -0.39 is 4.92 Å². The first-order chi connectivity index (χ1) is 30.8. The first kappa shape index (κ1) is 37.3. The molecular formula is C52H35N7O4. The molecule has 11 aromatic rings. The van der Waals surface area contributed by atoms with Crippen LogP contribution in [-0.4, -0.2) is 34.0 Å². The molecule has 0 amide bonds. The Kier molecular flexibility index (Phi) is 8.94. The quantitative estimate of drug-likeness (QED) is 0.104. The van der Waals surface area contributed by atoms with E-state index in [0.717, 1.165) is 71.9 Å². The number of rotatable bonds is 9. The van der Waals surface area contributed by atoms with Crippen LogP contribution in [0.3, 0.4) is 0 Å². The Bertz CT molecular complexity index is 3600. The van der Waals surface area contributed by atoms with Crippen LogP contribution in [0.15, 0.2) is 176 Å². The minimum Gasteiger partial charge on any atom is -0.457 e. The van der Waals surface area contributed by atoms with Crippen molar-refractivity contribution >= 4 is 49.3 Å². The average Bonchev–Trinajstić information content (AvgIpc) is 3.81. The van der Waals surface area contributed by atoms with Gasteiger partial charge in [-0.1, -0.05) is 48.5 Å². The third kappa shape index (κ3) is 6.83. The number of aromatic nitrogens is 6. The number of fused-ring (bicyclic) bond motifs is 6. The van der Waals surface area contributed by atoms with Gasteiger partial charge < -0.3 is 9.47 Å². The fourth-order valence-electron chi connectivity index (χ4n) is 8.32. The largest absolute Gasteiger partial charge is 0.457 e. The number of hydrogen-bond donors (Lipinski definition) is 0. The fourth-order valence-corrected chi connectivity index (χ4v) is 8.32. The lowest BCUT2D eigenvalue weighted by molar-refractivity contribution is -0.384. The second-order valence-electron chi connectivity index (χ2n) is 15.4. The summed E-state index contributed by atoms with van der Waals surface area (Å²) in [6, 6.07) is 48.7. The van der Waals surface area contributed by atoms with Crippen LogP contribution >= 0.6 is 0 Å². The maximum Gasteiger partial charge on any atom is 0.273 e. The average molecular weight is 822 g/mol. The molecule has 11 heteroatoms. The lowest BCUT2D eigenvalue weighted by Crippen LogP contribution is -1.98. The number of para-hydroxylation sites is 2. The standard InChI is InChI=1S/C52H35N7O4/c1-32-18-20-53-51(22-32)57-47-12-5-3-10-41(47)43-16-14-38(28-49(43)57)62-37-9-7-8-34(25-37)45-30-56-46(31-55-45)35-24-36(59(60)61)27-40(26-35)63-39-15-17-44-42-11-4-6-13-48(42)58(50(44)29-39)52-23-33(2)19-21-54-52/h3-31H,1-2H3. The van der Waals surface area contributed by atoms with Gasteiger partial charge in [-0.3, -0.25) is 29.2 Å². The van der Waals surface area contributed by atoms with Crippen molar-refractivity contribution in [3.63, 3.8) is 0 Å². The Morgan fingerprint density at radius 2 is 0.968 bits per heavy atom. The smallest absolute Gasteiger partial charge is 0.273 e. The number of hydrogen-bond acceptors (Lipinski definition) is 8. The molecular weight excluding hydrogens is 787 g/mol. The van der Waals surface area contributed by atoms with Crippen LogP contribution in [0, 0.1) is 24.0 Å². The molecule has 0 fully saturated rings. The highest BCUT2D eigenvalue weighted by molar-refractivity contribution is 6.10. The summed E-state index contributed by atoms with van der Waals surface area (Å²) in [6.07, 6.45) is 6.89. The molecule has 0 aliphatic carbocycles. The van der Waals surface area contributed by atoms with E-state index >= 15 is 0 Å². The zero-order valence-electron chi connectivity index (χ0n) is 34.0. The number of nitro benzene ring substituents is 1. The summed E-state index contributed by atoms with van der Waals surface area (Å²) in [6.45, 7) is 4.10. The number of pyridine rings is 2. The summed E-state index contributed by atoms with van der Waals surface area (Å²) in [5.41, 5.74) is 8.38. The van der Waals surface area contributed by atoms with Gasteiger partial charge in [0.05, 0.1) is 56.8 Å². The molecule has 0 saturated heterocycles. The van der Waals surface area contributed by atoms with Gasteiger partial charge in [-0.2, -0.15) is 0 Å². The molecule has 0 N–H and O–H groups in total. The second kappa shape index (κ2) is 15.1. The van der Waals surface area contributed by atoms with Gasteiger partial charge in [0.2, 0.25) is 0 Å². The number of nitrogens with zero attached hydrogens (tertiary/aromatic N) is 7. The molecule has 11 nitrogen and oxygen atoms in total. The van der Waals surface area contributed by atoms with Crippen molar-refractivity contribution in [1.82, 2.24) is 29.1 Å². The van der Waals surface area contributed by atoms with Crippen LogP contribution in [0.4, 0.5) is 5.69 Å². The number of non-ortho nitro benzene ring substituents is 1. The molecule has 5 aromatic heterocycles. The van der Waals surface area contributed by atoms with Crippen molar-refractivity contribution in [3.05, 3.63) is 198 Å². The summed E-state index contributed by atoms with van der Waals surface area (Å²) in [7, 11) is 0. The molecule has 0 aliphatic heterocycles. The van der Waals surface area contributed by atoms with E-state index in [1.807, 2.05) is 110 Å². The van der Waals surface area contributed by atoms with E-state index in [9.17, 15) is 10.1 Å². The molecule has 5 heterocycles. The summed E-state index contributed by atoms with van der Waals surface area (Å²) in [5, 5.41) is 16.5. The maximum atomic E-state index is 12.2. The summed E-state index contributed by atoms with van der Waals surface area (Å²) in [5.74, 6) is 3.73. The van der Waals surface area contributed by atoms with E-state index in [-0.39, 0.29) is 5.69 Å². The molecule has 0 atom stereocenters. The van der Waals surface area contributed by atoms with Gasteiger partial charge in [0.15, 0.2) is 0 Å². The topological polar surface area (TPSA) is 123 Å². The van der Waals surface area contributed by atoms with Crippen molar-refractivity contribution in [3.8, 4) is 57.1 Å². The zero-order valence-corrected chi connectivity index (χ0v) is 34.0. The van der Waals surface area contributed by atoms with Gasteiger partial charge in [0.25, 0.3) is 5.69 Å². The third-order valence-corrected chi connectivity index (χ3v) is 11.2. The van der Waals surface area contributed by atoms with E-state index in [2.05, 4.69) is 57.4 Å². The first-order valence-corrected chi connectivity index (χ1v) is 20.3. The molecule has 63 heavy (non-hydrogen) atoms. The SMILES string of the molecule is Cc1ccnc(-n2c3ccccc3c3ccc(Oc4cccc(-c5cnc(-c6cc(Oc7ccc8c9ccccc9n(-c9cc(C)ccn9)c8c7)cc([N+](=O)[O-])c6)cn5)c4)cc32)c1. The van der Waals surface area contributed by atoms with Gasteiger partial charge in [-0.25, -0.2) is 9.97 Å². The van der Waals surface area contributed by atoms with Crippen LogP contribution in [-0.2, 0) is 0 Å². The Morgan fingerprint density at radius 1 is 0.460 bits per heavy atom. The van der Waals surface area contributed by atoms with E-state index in [1.165, 1.54) is 12.1 Å². The lowest BCUT2D eigenvalue weighted by Gasteiger charge is -2.11. The van der Waals surface area contributed by atoms with E-state index in [1.54, 1.807) is 24.7 Å². The molecule has 11 rings (SSSR count). The molecule has 0 spiro atoms. The Balaban J connectivity index is 0.883. The van der Waals surface area contributed by atoms with Gasteiger partial charge in [-0.15, -0.1) is 0 Å². The van der Waals surface area contributed by atoms with Crippen molar-refractivity contribution in [2.75, 3.05) is 0 Å². The van der Waals surface area contributed by atoms with Gasteiger partial charge in [0.1, 0.15) is 34.6 Å². The minimum atomic E-state index is -0.440. The van der Waals surface area contributed by atoms with Crippen LogP contribution in [0.5, 0.6) is 23.0 Å². The first-order valence-electron chi connectivity index (χ1n) is 20.3. The third-order valence-electron chi connectivity index (χ3n) is 11.2. The Morgan fingerprint density at radius 3 is 1.52 bits per heavy atom. The van der Waals surface area contributed by atoms with Crippen molar-refractivity contribution in [2.45, 2.75) is 13.8 Å². The second-order valence-corrected chi connectivity index (χ2v) is 15.4. The van der Waals surface area contributed by atoms with Gasteiger partial charge in [0, 0.05) is 63.3 Å². The van der Waals surface area contributed by atoms with Crippen molar-refractivity contribution in [2.24, 2.45) is 0 Å². The maximum absolute atomic E-state index is 12.2. The zero-order chi connectivity index (χ0) is 42.6. The molecule has 0 saturated carbocycles. The van der Waals surface area contributed by atoms with Gasteiger partial charge >= 0.3 is 0 Å². The van der Waals surface area contributed by atoms with Crippen LogP contribution < -0.4 is 9.47 Å². The molecule has 0 aliphatic rings. The number of benzene rings is 6. The Hall–Kier alpha value is -8.70. The summed E-state index contributed by atoms with van der Waals surface area (Å²) >= 11 is 0. The highest BCUT2D eigenvalue weighted by Crippen LogP contribution is 2.38. The predicted molar refractivity (Wildman–Crippen MR) is 246 cm³/mol. The number of aryl methyl sites for hydroxylation is 2. The monoisotopic (exact) mass is 821 g/mol. The highest BCUT2D eigenvalue weighted by atomic mass is 16.6.